The molecule has 0 bridgehead atoms. The summed E-state index contributed by atoms with van der Waals surface area (Å²) in [6, 6.07) is 1.84. The first-order valence-corrected chi connectivity index (χ1v) is 7.09. The molecule has 1 atom stereocenters. The standard InChI is InChI=1S/C14H24N4O2/c1-10(2)20-13-7-11(3)16-14(17-13)15-8-12-9-18(4)5-6-19-12/h7,10,12H,5-6,8-9H2,1-4H3,(H,15,16,17). The van der Waals surface area contributed by atoms with Gasteiger partial charge in [-0.05, 0) is 27.8 Å². The molecule has 0 spiro atoms. The molecule has 6 heteroatoms. The first-order chi connectivity index (χ1) is 9.52. The fourth-order valence-electron chi connectivity index (χ4n) is 2.12. The minimum Gasteiger partial charge on any atom is -0.475 e. The van der Waals surface area contributed by atoms with Crippen molar-refractivity contribution < 1.29 is 9.47 Å². The van der Waals surface area contributed by atoms with Crippen LogP contribution < -0.4 is 10.1 Å². The topological polar surface area (TPSA) is 59.5 Å². The highest BCUT2D eigenvalue weighted by Crippen LogP contribution is 2.14. The predicted octanol–water partition coefficient (Wildman–Crippen LogP) is 1.31. The van der Waals surface area contributed by atoms with E-state index in [1.165, 1.54) is 0 Å². The lowest BCUT2D eigenvalue weighted by atomic mass is 10.3. The first kappa shape index (κ1) is 15.0. The van der Waals surface area contributed by atoms with E-state index in [1.54, 1.807) is 0 Å². The van der Waals surface area contributed by atoms with Crippen molar-refractivity contribution in [2.24, 2.45) is 0 Å². The Labute approximate surface area is 120 Å². The summed E-state index contributed by atoms with van der Waals surface area (Å²) in [7, 11) is 2.10. The van der Waals surface area contributed by atoms with E-state index >= 15 is 0 Å². The Hall–Kier alpha value is -1.40. The summed E-state index contributed by atoms with van der Waals surface area (Å²) in [5, 5.41) is 3.24. The van der Waals surface area contributed by atoms with Crippen molar-refractivity contribution in [2.75, 3.05) is 38.6 Å². The highest BCUT2D eigenvalue weighted by Gasteiger charge is 2.17. The minimum absolute atomic E-state index is 0.104. The molecule has 112 valence electrons. The summed E-state index contributed by atoms with van der Waals surface area (Å²) in [5.74, 6) is 1.20. The molecule has 1 aromatic rings. The lowest BCUT2D eigenvalue weighted by molar-refractivity contribution is -0.0118. The van der Waals surface area contributed by atoms with E-state index in [0.29, 0.717) is 18.4 Å². The van der Waals surface area contributed by atoms with Crippen molar-refractivity contribution in [3.05, 3.63) is 11.8 Å². The fraction of sp³-hybridized carbons (Fsp3) is 0.714. The highest BCUT2D eigenvalue weighted by atomic mass is 16.5. The van der Waals surface area contributed by atoms with Gasteiger partial charge in [-0.2, -0.15) is 4.98 Å². The van der Waals surface area contributed by atoms with Gasteiger partial charge in [0.2, 0.25) is 11.8 Å². The molecule has 1 aromatic heterocycles. The van der Waals surface area contributed by atoms with E-state index in [9.17, 15) is 0 Å². The van der Waals surface area contributed by atoms with E-state index in [1.807, 2.05) is 26.8 Å². The molecule has 1 aliphatic heterocycles. The summed E-state index contributed by atoms with van der Waals surface area (Å²) < 4.78 is 11.3. The third kappa shape index (κ3) is 4.61. The number of aryl methyl sites for hydroxylation is 1. The third-order valence-corrected chi connectivity index (χ3v) is 3.02. The van der Waals surface area contributed by atoms with Gasteiger partial charge in [0.1, 0.15) is 0 Å². The number of hydrogen-bond acceptors (Lipinski definition) is 6. The lowest BCUT2D eigenvalue weighted by Crippen LogP contribution is -2.43. The Balaban J connectivity index is 1.93. The minimum atomic E-state index is 0.104. The Bertz CT molecular complexity index is 439. The number of nitrogens with zero attached hydrogens (tertiary/aromatic N) is 3. The third-order valence-electron chi connectivity index (χ3n) is 3.02. The highest BCUT2D eigenvalue weighted by molar-refractivity contribution is 5.30. The summed E-state index contributed by atoms with van der Waals surface area (Å²) in [6.45, 7) is 9.30. The van der Waals surface area contributed by atoms with Crippen LogP contribution in [0.25, 0.3) is 0 Å². The van der Waals surface area contributed by atoms with Gasteiger partial charge in [0.05, 0.1) is 18.8 Å². The molecule has 6 nitrogen and oxygen atoms in total. The van der Waals surface area contributed by atoms with Crippen LogP contribution in [0.3, 0.4) is 0 Å². The van der Waals surface area contributed by atoms with Gasteiger partial charge in [-0.15, -0.1) is 0 Å². The van der Waals surface area contributed by atoms with Gasteiger partial charge in [0, 0.05) is 31.4 Å². The molecule has 2 heterocycles. The number of aromatic nitrogens is 2. The van der Waals surface area contributed by atoms with E-state index < -0.39 is 0 Å². The van der Waals surface area contributed by atoms with Gasteiger partial charge in [0.15, 0.2) is 0 Å². The van der Waals surface area contributed by atoms with Gasteiger partial charge in [-0.1, -0.05) is 0 Å². The SMILES string of the molecule is Cc1cc(OC(C)C)nc(NCC2CN(C)CCO2)n1. The number of ether oxygens (including phenoxy) is 2. The van der Waals surface area contributed by atoms with Gasteiger partial charge in [-0.3, -0.25) is 0 Å². The van der Waals surface area contributed by atoms with Crippen LogP contribution in [0, 0.1) is 6.92 Å². The number of hydrogen-bond donors (Lipinski definition) is 1. The number of anilines is 1. The van der Waals surface area contributed by atoms with Crippen LogP contribution in [0.5, 0.6) is 5.88 Å². The van der Waals surface area contributed by atoms with E-state index in [4.69, 9.17) is 9.47 Å². The smallest absolute Gasteiger partial charge is 0.226 e. The fourth-order valence-corrected chi connectivity index (χ4v) is 2.12. The second-order valence-corrected chi connectivity index (χ2v) is 5.47. The van der Waals surface area contributed by atoms with Crippen molar-refractivity contribution in [3.8, 4) is 5.88 Å². The number of nitrogens with one attached hydrogen (secondary N) is 1. The molecule has 0 amide bonds. The Morgan fingerprint density at radius 3 is 3.00 bits per heavy atom. The summed E-state index contributed by atoms with van der Waals surface area (Å²) in [4.78, 5) is 11.0. The molecule has 0 radical (unpaired) electrons. The van der Waals surface area contributed by atoms with Crippen LogP contribution >= 0.6 is 0 Å². The first-order valence-electron chi connectivity index (χ1n) is 7.09. The van der Waals surface area contributed by atoms with Crippen molar-refractivity contribution in [3.63, 3.8) is 0 Å². The van der Waals surface area contributed by atoms with Gasteiger partial charge < -0.3 is 19.7 Å². The zero-order chi connectivity index (χ0) is 14.5. The number of likely N-dealkylation sites (N-methyl/N-ethyl adjacent to an activating group) is 1. The molecule has 1 N–H and O–H groups in total. The number of morpholine rings is 1. The molecule has 0 aliphatic carbocycles. The molecular weight excluding hydrogens is 256 g/mol. The van der Waals surface area contributed by atoms with Crippen molar-refractivity contribution in [2.45, 2.75) is 33.0 Å². The molecule has 1 unspecified atom stereocenters. The van der Waals surface area contributed by atoms with E-state index in [-0.39, 0.29) is 12.2 Å². The maximum atomic E-state index is 5.70. The van der Waals surface area contributed by atoms with E-state index in [2.05, 4.69) is 27.2 Å². The average molecular weight is 280 g/mol. The summed E-state index contributed by atoms with van der Waals surface area (Å²) >= 11 is 0. The lowest BCUT2D eigenvalue weighted by Gasteiger charge is -2.30. The zero-order valence-electron chi connectivity index (χ0n) is 12.7. The molecular formula is C14H24N4O2. The maximum Gasteiger partial charge on any atom is 0.226 e. The van der Waals surface area contributed by atoms with Crippen molar-refractivity contribution in [1.29, 1.82) is 0 Å². The second-order valence-electron chi connectivity index (χ2n) is 5.47. The second kappa shape index (κ2) is 6.85. The number of rotatable bonds is 5. The summed E-state index contributed by atoms with van der Waals surface area (Å²) in [5.41, 5.74) is 0.889. The molecule has 0 aromatic carbocycles. The van der Waals surface area contributed by atoms with Crippen LogP contribution in [0.2, 0.25) is 0 Å². The van der Waals surface area contributed by atoms with Gasteiger partial charge in [-0.25, -0.2) is 4.98 Å². The predicted molar refractivity (Wildman–Crippen MR) is 78.3 cm³/mol. The van der Waals surface area contributed by atoms with Crippen LogP contribution in [-0.4, -0.2) is 60.4 Å². The van der Waals surface area contributed by atoms with Crippen molar-refractivity contribution >= 4 is 5.95 Å². The Kier molecular flexibility index (Phi) is 5.14. The molecule has 1 saturated heterocycles. The molecule has 0 saturated carbocycles. The van der Waals surface area contributed by atoms with Crippen LogP contribution in [-0.2, 0) is 4.74 Å². The zero-order valence-corrected chi connectivity index (χ0v) is 12.7. The monoisotopic (exact) mass is 280 g/mol. The molecule has 1 fully saturated rings. The maximum absolute atomic E-state index is 5.70. The van der Waals surface area contributed by atoms with Gasteiger partial charge in [0.25, 0.3) is 0 Å². The molecule has 1 aliphatic rings. The van der Waals surface area contributed by atoms with E-state index in [0.717, 1.165) is 25.4 Å². The van der Waals surface area contributed by atoms with Gasteiger partial charge >= 0.3 is 0 Å². The quantitative estimate of drug-likeness (QED) is 0.877. The molecule has 20 heavy (non-hydrogen) atoms. The van der Waals surface area contributed by atoms with Crippen LogP contribution in [0.4, 0.5) is 5.95 Å². The largest absolute Gasteiger partial charge is 0.475 e. The average Bonchev–Trinajstić information content (AvgIpc) is 2.35. The normalized spacial score (nSPS) is 20.1. The Morgan fingerprint density at radius 1 is 1.50 bits per heavy atom. The summed E-state index contributed by atoms with van der Waals surface area (Å²) in [6.07, 6.45) is 0.278. The van der Waals surface area contributed by atoms with Crippen LogP contribution in [0.1, 0.15) is 19.5 Å². The van der Waals surface area contributed by atoms with Crippen LogP contribution in [0.15, 0.2) is 6.07 Å². The molecule has 2 rings (SSSR count). The van der Waals surface area contributed by atoms with Crippen molar-refractivity contribution in [1.82, 2.24) is 14.9 Å². The Morgan fingerprint density at radius 2 is 2.30 bits per heavy atom.